The maximum Gasteiger partial charge on any atom is 0.256 e. The van der Waals surface area contributed by atoms with Gasteiger partial charge in [-0.25, -0.2) is 0 Å². The number of nitrogens with one attached hydrogen (secondary N) is 1. The Morgan fingerprint density at radius 3 is 3.00 bits per heavy atom. The number of aromatic amines is 1. The lowest BCUT2D eigenvalue weighted by Crippen LogP contribution is -2.30. The number of hydrogen-bond donors (Lipinski definition) is 2. The van der Waals surface area contributed by atoms with Crippen molar-refractivity contribution in [1.82, 2.24) is 9.88 Å². The monoisotopic (exact) mass is 243 g/mol. The van der Waals surface area contributed by atoms with Crippen molar-refractivity contribution in [3.05, 3.63) is 42.6 Å². The number of rotatable bonds is 4. The number of carbonyl (C=O) groups excluding carboxylic acids is 1. The third-order valence-corrected chi connectivity index (χ3v) is 2.95. The highest BCUT2D eigenvalue weighted by molar-refractivity contribution is 6.07. The maximum absolute atomic E-state index is 12.4. The molecule has 0 spiro atoms. The lowest BCUT2D eigenvalue weighted by Gasteiger charge is -2.18. The van der Waals surface area contributed by atoms with Crippen LogP contribution in [0.1, 0.15) is 17.3 Å². The highest BCUT2D eigenvalue weighted by Crippen LogP contribution is 2.22. The van der Waals surface area contributed by atoms with Crippen molar-refractivity contribution in [2.45, 2.75) is 6.92 Å². The molecule has 3 N–H and O–H groups in total. The molecule has 94 valence electrons. The van der Waals surface area contributed by atoms with E-state index >= 15 is 0 Å². The van der Waals surface area contributed by atoms with Crippen LogP contribution in [0.3, 0.4) is 0 Å². The van der Waals surface area contributed by atoms with E-state index in [-0.39, 0.29) is 5.91 Å². The van der Waals surface area contributed by atoms with Gasteiger partial charge in [-0.3, -0.25) is 4.79 Å². The standard InChI is InChI=1S/C14H17N3O/c1-3-7-17(4-2)14(18)12-9-16-13-6-5-10(15)8-11(12)13/h3,5-6,8-9,16H,1,4,7,15H2,2H3. The predicted molar refractivity (Wildman–Crippen MR) is 74.5 cm³/mol. The molecule has 0 bridgehead atoms. The summed E-state index contributed by atoms with van der Waals surface area (Å²) in [6, 6.07) is 5.51. The molecule has 18 heavy (non-hydrogen) atoms. The minimum atomic E-state index is -0.00532. The van der Waals surface area contributed by atoms with Crippen molar-refractivity contribution >= 4 is 22.5 Å². The molecular formula is C14H17N3O. The molecule has 0 aliphatic heterocycles. The Bertz CT molecular complexity index is 586. The van der Waals surface area contributed by atoms with Crippen molar-refractivity contribution in [2.75, 3.05) is 18.8 Å². The van der Waals surface area contributed by atoms with Crippen LogP contribution in [0.4, 0.5) is 5.69 Å². The van der Waals surface area contributed by atoms with Crippen LogP contribution in [0.2, 0.25) is 0 Å². The van der Waals surface area contributed by atoms with Gasteiger partial charge >= 0.3 is 0 Å². The Hall–Kier alpha value is -2.23. The third kappa shape index (κ3) is 2.09. The highest BCUT2D eigenvalue weighted by atomic mass is 16.2. The number of nitrogens with two attached hydrogens (primary N) is 1. The molecule has 1 aromatic carbocycles. The van der Waals surface area contributed by atoms with Crippen LogP contribution in [-0.4, -0.2) is 28.9 Å². The van der Waals surface area contributed by atoms with E-state index in [4.69, 9.17) is 5.73 Å². The number of aromatic nitrogens is 1. The summed E-state index contributed by atoms with van der Waals surface area (Å²) >= 11 is 0. The molecule has 2 aromatic rings. The van der Waals surface area contributed by atoms with E-state index in [1.54, 1.807) is 17.2 Å². The first kappa shape index (κ1) is 12.2. The fraction of sp³-hybridized carbons (Fsp3) is 0.214. The Kier molecular flexibility index (Phi) is 3.37. The molecule has 1 heterocycles. The first-order valence-corrected chi connectivity index (χ1v) is 5.94. The summed E-state index contributed by atoms with van der Waals surface area (Å²) in [7, 11) is 0. The summed E-state index contributed by atoms with van der Waals surface area (Å²) < 4.78 is 0. The van der Waals surface area contributed by atoms with E-state index in [0.717, 1.165) is 10.9 Å². The van der Waals surface area contributed by atoms with Gasteiger partial charge in [-0.2, -0.15) is 0 Å². The van der Waals surface area contributed by atoms with Crippen LogP contribution in [0, 0.1) is 0 Å². The van der Waals surface area contributed by atoms with Crippen LogP contribution >= 0.6 is 0 Å². The summed E-state index contributed by atoms with van der Waals surface area (Å²) in [5.74, 6) is -0.00532. The third-order valence-electron chi connectivity index (χ3n) is 2.95. The average molecular weight is 243 g/mol. The molecule has 0 aliphatic carbocycles. The van der Waals surface area contributed by atoms with Crippen molar-refractivity contribution < 1.29 is 4.79 Å². The number of amides is 1. The number of likely N-dealkylation sites (N-methyl/N-ethyl adjacent to an activating group) is 1. The van der Waals surface area contributed by atoms with E-state index in [1.165, 1.54) is 0 Å². The second-order valence-corrected chi connectivity index (χ2v) is 4.14. The van der Waals surface area contributed by atoms with Crippen LogP contribution in [0.15, 0.2) is 37.1 Å². The van der Waals surface area contributed by atoms with Gasteiger partial charge in [0.1, 0.15) is 0 Å². The van der Waals surface area contributed by atoms with Gasteiger partial charge < -0.3 is 15.6 Å². The molecule has 4 heteroatoms. The Morgan fingerprint density at radius 2 is 2.33 bits per heavy atom. The number of carbonyl (C=O) groups is 1. The predicted octanol–water partition coefficient (Wildman–Crippen LogP) is 2.40. The lowest BCUT2D eigenvalue weighted by atomic mass is 10.1. The number of H-pyrrole nitrogens is 1. The number of nitrogen functional groups attached to an aromatic ring is 1. The summed E-state index contributed by atoms with van der Waals surface area (Å²) in [6.45, 7) is 6.81. The van der Waals surface area contributed by atoms with Gasteiger partial charge in [0.05, 0.1) is 5.56 Å². The molecule has 1 amide bonds. The molecule has 0 saturated carbocycles. The van der Waals surface area contributed by atoms with Gasteiger partial charge in [0.25, 0.3) is 5.91 Å². The largest absolute Gasteiger partial charge is 0.399 e. The Balaban J connectivity index is 2.43. The average Bonchev–Trinajstić information content (AvgIpc) is 2.78. The van der Waals surface area contributed by atoms with Crippen LogP contribution in [0.5, 0.6) is 0 Å². The SMILES string of the molecule is C=CCN(CC)C(=O)c1c[nH]c2ccc(N)cc12. The van der Waals surface area contributed by atoms with Crippen LogP contribution < -0.4 is 5.73 Å². The number of anilines is 1. The van der Waals surface area contributed by atoms with Gasteiger partial charge in [-0.15, -0.1) is 6.58 Å². The first-order chi connectivity index (χ1) is 8.67. The van der Waals surface area contributed by atoms with Gasteiger partial charge in [0.2, 0.25) is 0 Å². The van der Waals surface area contributed by atoms with E-state index in [9.17, 15) is 4.79 Å². The molecule has 0 atom stereocenters. The molecule has 0 aliphatic rings. The Morgan fingerprint density at radius 1 is 1.56 bits per heavy atom. The second kappa shape index (κ2) is 4.96. The van der Waals surface area contributed by atoms with Crippen LogP contribution in [0.25, 0.3) is 10.9 Å². The van der Waals surface area contributed by atoms with Gasteiger partial charge in [-0.05, 0) is 25.1 Å². The fourth-order valence-corrected chi connectivity index (χ4v) is 2.00. The quantitative estimate of drug-likeness (QED) is 0.639. The maximum atomic E-state index is 12.4. The molecule has 0 saturated heterocycles. The molecular weight excluding hydrogens is 226 g/mol. The molecule has 4 nitrogen and oxygen atoms in total. The zero-order chi connectivity index (χ0) is 13.1. The lowest BCUT2D eigenvalue weighted by molar-refractivity contribution is 0.0784. The number of hydrogen-bond acceptors (Lipinski definition) is 2. The van der Waals surface area contributed by atoms with Gasteiger partial charge in [0, 0.05) is 35.9 Å². The molecule has 2 rings (SSSR count). The minimum absolute atomic E-state index is 0.00532. The zero-order valence-corrected chi connectivity index (χ0v) is 10.4. The number of fused-ring (bicyclic) bond motifs is 1. The topological polar surface area (TPSA) is 62.1 Å². The molecule has 0 unspecified atom stereocenters. The molecule has 1 aromatic heterocycles. The summed E-state index contributed by atoms with van der Waals surface area (Å²) in [5.41, 5.74) is 7.99. The minimum Gasteiger partial charge on any atom is -0.399 e. The van der Waals surface area contributed by atoms with Gasteiger partial charge in [-0.1, -0.05) is 6.08 Å². The van der Waals surface area contributed by atoms with E-state index in [2.05, 4.69) is 11.6 Å². The van der Waals surface area contributed by atoms with Crippen molar-refractivity contribution in [2.24, 2.45) is 0 Å². The second-order valence-electron chi connectivity index (χ2n) is 4.14. The summed E-state index contributed by atoms with van der Waals surface area (Å²) in [5, 5.41) is 0.863. The summed E-state index contributed by atoms with van der Waals surface area (Å²) in [4.78, 5) is 17.2. The zero-order valence-electron chi connectivity index (χ0n) is 10.4. The number of benzene rings is 1. The smallest absolute Gasteiger partial charge is 0.256 e. The first-order valence-electron chi connectivity index (χ1n) is 5.94. The highest BCUT2D eigenvalue weighted by Gasteiger charge is 2.17. The van der Waals surface area contributed by atoms with Crippen molar-refractivity contribution in [1.29, 1.82) is 0 Å². The molecule has 0 radical (unpaired) electrons. The molecule has 0 fully saturated rings. The van der Waals surface area contributed by atoms with Crippen molar-refractivity contribution in [3.8, 4) is 0 Å². The van der Waals surface area contributed by atoms with E-state index < -0.39 is 0 Å². The van der Waals surface area contributed by atoms with Crippen molar-refractivity contribution in [3.63, 3.8) is 0 Å². The normalized spacial score (nSPS) is 10.5. The summed E-state index contributed by atoms with van der Waals surface area (Å²) in [6.07, 6.45) is 3.46. The number of nitrogens with zero attached hydrogens (tertiary/aromatic N) is 1. The van der Waals surface area contributed by atoms with Gasteiger partial charge in [0.15, 0.2) is 0 Å². The van der Waals surface area contributed by atoms with Crippen LogP contribution in [-0.2, 0) is 0 Å². The Labute approximate surface area is 106 Å². The van der Waals surface area contributed by atoms with E-state index in [0.29, 0.717) is 24.3 Å². The fourth-order valence-electron chi connectivity index (χ4n) is 2.00. The van der Waals surface area contributed by atoms with E-state index in [1.807, 2.05) is 25.1 Å².